The largest absolute Gasteiger partial charge is 0.336 e. The first-order chi connectivity index (χ1) is 16.9. The van der Waals surface area contributed by atoms with Gasteiger partial charge in [0.15, 0.2) is 5.65 Å². The highest BCUT2D eigenvalue weighted by atomic mass is 32.2. The van der Waals surface area contributed by atoms with Gasteiger partial charge in [0, 0.05) is 50.1 Å². The molecule has 12 heteroatoms. The quantitative estimate of drug-likeness (QED) is 0.309. The molecule has 35 heavy (non-hydrogen) atoms. The van der Waals surface area contributed by atoms with Crippen molar-refractivity contribution in [3.63, 3.8) is 0 Å². The van der Waals surface area contributed by atoms with Crippen molar-refractivity contribution in [2.45, 2.75) is 4.90 Å². The fourth-order valence-electron chi connectivity index (χ4n) is 4.08. The van der Waals surface area contributed by atoms with E-state index >= 15 is 0 Å². The summed E-state index contributed by atoms with van der Waals surface area (Å²) in [6.07, 6.45) is 3.10. The van der Waals surface area contributed by atoms with Crippen LogP contribution in [0.4, 0.5) is 5.69 Å². The highest BCUT2D eigenvalue weighted by molar-refractivity contribution is 7.89. The zero-order valence-electron chi connectivity index (χ0n) is 18.4. The summed E-state index contributed by atoms with van der Waals surface area (Å²) in [5.41, 5.74) is 2.18. The molecule has 0 atom stereocenters. The number of rotatable bonds is 5. The number of nitrogens with zero attached hydrogens (tertiary/aromatic N) is 6. The molecule has 1 amide bonds. The van der Waals surface area contributed by atoms with Gasteiger partial charge < -0.3 is 4.90 Å². The molecular formula is C23H20N6O5S. The number of aromatic nitrogens is 3. The van der Waals surface area contributed by atoms with E-state index in [0.717, 1.165) is 17.3 Å². The fraction of sp³-hybridized carbons (Fsp3) is 0.174. The number of piperazine rings is 1. The van der Waals surface area contributed by atoms with Crippen LogP contribution in [0.25, 0.3) is 16.9 Å². The van der Waals surface area contributed by atoms with Crippen molar-refractivity contribution in [3.05, 3.63) is 88.7 Å². The van der Waals surface area contributed by atoms with E-state index in [2.05, 4.69) is 10.1 Å². The first-order valence-electron chi connectivity index (χ1n) is 10.8. The Hall–Kier alpha value is -4.16. The molecular weight excluding hydrogens is 472 g/mol. The molecule has 0 unspecified atom stereocenters. The molecule has 5 rings (SSSR count). The van der Waals surface area contributed by atoms with Crippen molar-refractivity contribution in [1.29, 1.82) is 0 Å². The maximum atomic E-state index is 13.3. The van der Waals surface area contributed by atoms with Gasteiger partial charge in [-0.05, 0) is 12.1 Å². The van der Waals surface area contributed by atoms with E-state index in [1.54, 1.807) is 15.6 Å². The van der Waals surface area contributed by atoms with Crippen LogP contribution in [0.3, 0.4) is 0 Å². The molecule has 2 aromatic carbocycles. The van der Waals surface area contributed by atoms with Crippen LogP contribution in [0.1, 0.15) is 10.4 Å². The van der Waals surface area contributed by atoms with E-state index in [4.69, 9.17) is 0 Å². The lowest BCUT2D eigenvalue weighted by Crippen LogP contribution is -2.50. The molecule has 1 aliphatic rings. The molecule has 4 aromatic rings. The van der Waals surface area contributed by atoms with Gasteiger partial charge in [-0.2, -0.15) is 9.40 Å². The van der Waals surface area contributed by atoms with Gasteiger partial charge in [-0.15, -0.1) is 0 Å². The molecule has 1 aliphatic heterocycles. The molecule has 0 bridgehead atoms. The zero-order valence-corrected chi connectivity index (χ0v) is 19.2. The van der Waals surface area contributed by atoms with Crippen LogP contribution in [0, 0.1) is 10.1 Å². The highest BCUT2D eigenvalue weighted by Crippen LogP contribution is 2.24. The van der Waals surface area contributed by atoms with E-state index in [9.17, 15) is 23.3 Å². The van der Waals surface area contributed by atoms with Gasteiger partial charge in [0.2, 0.25) is 10.0 Å². The summed E-state index contributed by atoms with van der Waals surface area (Å²) < 4.78 is 28.8. The van der Waals surface area contributed by atoms with Crippen LogP contribution in [-0.2, 0) is 10.0 Å². The molecule has 0 N–H and O–H groups in total. The molecule has 0 radical (unpaired) electrons. The van der Waals surface area contributed by atoms with Crippen molar-refractivity contribution < 1.29 is 18.1 Å². The van der Waals surface area contributed by atoms with Crippen molar-refractivity contribution in [2.24, 2.45) is 0 Å². The Bertz CT molecular complexity index is 1530. The molecule has 1 fully saturated rings. The minimum Gasteiger partial charge on any atom is -0.336 e. The second-order valence-corrected chi connectivity index (χ2v) is 9.88. The summed E-state index contributed by atoms with van der Waals surface area (Å²) in [5.74, 6) is -0.287. The van der Waals surface area contributed by atoms with Crippen LogP contribution in [0.2, 0.25) is 0 Å². The Morgan fingerprint density at radius 3 is 2.43 bits per heavy atom. The second kappa shape index (κ2) is 8.89. The van der Waals surface area contributed by atoms with Gasteiger partial charge >= 0.3 is 0 Å². The van der Waals surface area contributed by atoms with E-state index in [1.165, 1.54) is 28.7 Å². The highest BCUT2D eigenvalue weighted by Gasteiger charge is 2.32. The molecule has 2 aromatic heterocycles. The SMILES string of the molecule is O=C(c1cnn2c(-c3ccccc3)ccnc12)N1CCN(S(=O)(=O)c2cccc([N+](=O)[O-])c2)CC1. The second-order valence-electron chi connectivity index (χ2n) is 7.94. The number of carbonyl (C=O) groups excluding carboxylic acids is 1. The number of nitro benzene ring substituents is 1. The molecule has 178 valence electrons. The maximum absolute atomic E-state index is 13.3. The van der Waals surface area contributed by atoms with E-state index in [1.807, 2.05) is 36.4 Å². The average Bonchev–Trinajstić information content (AvgIpc) is 3.33. The lowest BCUT2D eigenvalue weighted by atomic mass is 10.1. The van der Waals surface area contributed by atoms with Gasteiger partial charge in [-0.3, -0.25) is 14.9 Å². The monoisotopic (exact) mass is 492 g/mol. The van der Waals surface area contributed by atoms with Gasteiger partial charge in [-0.25, -0.2) is 17.9 Å². The number of hydrogen-bond donors (Lipinski definition) is 0. The minimum absolute atomic E-state index is 0.0681. The third-order valence-corrected chi connectivity index (χ3v) is 7.79. The Morgan fingerprint density at radius 2 is 1.71 bits per heavy atom. The lowest BCUT2D eigenvalue weighted by molar-refractivity contribution is -0.385. The number of non-ortho nitro benzene ring substituents is 1. The minimum atomic E-state index is -3.93. The van der Waals surface area contributed by atoms with Crippen LogP contribution in [0.5, 0.6) is 0 Å². The van der Waals surface area contributed by atoms with Crippen LogP contribution < -0.4 is 0 Å². The lowest BCUT2D eigenvalue weighted by Gasteiger charge is -2.33. The number of amides is 1. The van der Waals surface area contributed by atoms with Gasteiger partial charge in [-0.1, -0.05) is 36.4 Å². The molecule has 0 saturated carbocycles. The summed E-state index contributed by atoms with van der Waals surface area (Å²) in [5, 5.41) is 15.4. The maximum Gasteiger partial charge on any atom is 0.270 e. The number of carbonyl (C=O) groups is 1. The van der Waals surface area contributed by atoms with Gasteiger partial charge in [0.1, 0.15) is 5.56 Å². The standard InChI is InChI=1S/C23H20N6O5S/c30-23(20-16-25-28-21(9-10-24-22(20)28)17-5-2-1-3-6-17)26-11-13-27(14-12-26)35(33,34)19-8-4-7-18(15-19)29(31)32/h1-10,15-16H,11-14H2. The normalized spacial score (nSPS) is 14.8. The first-order valence-corrected chi connectivity index (χ1v) is 12.2. The Balaban J connectivity index is 1.34. The molecule has 3 heterocycles. The number of sulfonamides is 1. The van der Waals surface area contributed by atoms with Crippen LogP contribution in [0.15, 0.2) is 78.0 Å². The fourth-order valence-corrected chi connectivity index (χ4v) is 5.54. The zero-order chi connectivity index (χ0) is 24.6. The predicted molar refractivity (Wildman–Crippen MR) is 126 cm³/mol. The van der Waals surface area contributed by atoms with Crippen molar-refractivity contribution in [3.8, 4) is 11.3 Å². The number of hydrogen-bond acceptors (Lipinski definition) is 7. The molecule has 11 nitrogen and oxygen atoms in total. The molecule has 0 aliphatic carbocycles. The Labute approximate surface area is 200 Å². The van der Waals surface area contributed by atoms with Crippen molar-refractivity contribution >= 4 is 27.3 Å². The number of fused-ring (bicyclic) bond motifs is 1. The molecule has 1 saturated heterocycles. The van der Waals surface area contributed by atoms with E-state index in [0.29, 0.717) is 11.2 Å². The Morgan fingerprint density at radius 1 is 0.971 bits per heavy atom. The van der Waals surface area contributed by atoms with Crippen molar-refractivity contribution in [2.75, 3.05) is 26.2 Å². The summed E-state index contributed by atoms with van der Waals surface area (Å²) in [4.78, 5) is 29.4. The number of nitro groups is 1. The first kappa shape index (κ1) is 22.6. The Kier molecular flexibility index (Phi) is 5.75. The number of benzene rings is 2. The predicted octanol–water partition coefficient (Wildman–Crippen LogP) is 2.45. The summed E-state index contributed by atoms with van der Waals surface area (Å²) in [6, 6.07) is 16.4. The summed E-state index contributed by atoms with van der Waals surface area (Å²) in [6.45, 7) is 0.475. The smallest absolute Gasteiger partial charge is 0.270 e. The molecule has 0 spiro atoms. The summed E-state index contributed by atoms with van der Waals surface area (Å²) >= 11 is 0. The summed E-state index contributed by atoms with van der Waals surface area (Å²) in [7, 11) is -3.93. The topological polar surface area (TPSA) is 131 Å². The van der Waals surface area contributed by atoms with Gasteiger partial charge in [0.25, 0.3) is 11.6 Å². The van der Waals surface area contributed by atoms with Crippen LogP contribution >= 0.6 is 0 Å². The third kappa shape index (κ3) is 4.13. The van der Waals surface area contributed by atoms with Crippen molar-refractivity contribution in [1.82, 2.24) is 23.8 Å². The van der Waals surface area contributed by atoms with E-state index in [-0.39, 0.29) is 42.7 Å². The third-order valence-electron chi connectivity index (χ3n) is 5.89. The van der Waals surface area contributed by atoms with E-state index < -0.39 is 14.9 Å². The van der Waals surface area contributed by atoms with Gasteiger partial charge in [0.05, 0.1) is 21.7 Å². The van der Waals surface area contributed by atoms with Crippen LogP contribution in [-0.4, -0.2) is 69.2 Å². The average molecular weight is 493 g/mol.